The van der Waals surface area contributed by atoms with Crippen molar-refractivity contribution >= 4 is 56.8 Å². The fourth-order valence-corrected chi connectivity index (χ4v) is 5.38. The Balaban J connectivity index is 1.69. The number of carbonyl (C=O) groups is 2. The molecule has 0 saturated carbocycles. The van der Waals surface area contributed by atoms with E-state index in [-0.39, 0.29) is 11.4 Å². The van der Waals surface area contributed by atoms with Crippen LogP contribution in [0.3, 0.4) is 0 Å². The van der Waals surface area contributed by atoms with Crippen LogP contribution in [-0.4, -0.2) is 55.7 Å². The highest BCUT2D eigenvalue weighted by molar-refractivity contribution is 7.80. The van der Waals surface area contributed by atoms with Crippen LogP contribution in [0.4, 0.5) is 0 Å². The summed E-state index contributed by atoms with van der Waals surface area (Å²) in [6, 6.07) is 18.8. The van der Waals surface area contributed by atoms with E-state index in [0.29, 0.717) is 23.0 Å². The third-order valence-corrected chi connectivity index (χ3v) is 7.12. The molecule has 1 unspecified atom stereocenters. The fourth-order valence-electron chi connectivity index (χ4n) is 4.01. The normalized spacial score (nSPS) is 17.8. The maximum atomic E-state index is 13.2. The van der Waals surface area contributed by atoms with Gasteiger partial charge in [-0.25, -0.2) is 9.97 Å². The first-order valence-electron chi connectivity index (χ1n) is 10.8. The molecule has 5 rings (SSSR count). The van der Waals surface area contributed by atoms with Crippen LogP contribution in [0.25, 0.3) is 32.8 Å². The van der Waals surface area contributed by atoms with Crippen molar-refractivity contribution in [1.82, 2.24) is 24.8 Å². The number of imidazole rings is 1. The minimum absolute atomic E-state index is 0.0490. The highest BCUT2D eigenvalue weighted by atomic mass is 32.1. The summed E-state index contributed by atoms with van der Waals surface area (Å²) in [6.45, 7) is 2.21. The van der Waals surface area contributed by atoms with Crippen molar-refractivity contribution in [3.8, 4) is 16.3 Å². The Morgan fingerprint density at radius 1 is 1.06 bits per heavy atom. The summed E-state index contributed by atoms with van der Waals surface area (Å²) in [5.74, 6) is -0.297. The largest absolute Gasteiger partial charge is 0.305 e. The second kappa shape index (κ2) is 9.02. The van der Waals surface area contributed by atoms with Crippen molar-refractivity contribution in [1.29, 1.82) is 0 Å². The molecule has 1 atom stereocenters. The first-order chi connectivity index (χ1) is 16.5. The maximum absolute atomic E-state index is 13.2. The number of carbonyl (C=O) groups excluding carboxylic acids is 2. The van der Waals surface area contributed by atoms with E-state index in [9.17, 15) is 9.59 Å². The predicted octanol–water partition coefficient (Wildman–Crippen LogP) is 3.88. The first kappa shape index (κ1) is 22.3. The fraction of sp³-hybridized carbons (Fsp3) is 0.160. The number of thiazole rings is 1. The van der Waals surface area contributed by atoms with Gasteiger partial charge in [0.15, 0.2) is 16.3 Å². The van der Waals surface area contributed by atoms with Gasteiger partial charge in [0, 0.05) is 17.8 Å². The van der Waals surface area contributed by atoms with Crippen LogP contribution in [0, 0.1) is 0 Å². The molecule has 4 aromatic rings. The van der Waals surface area contributed by atoms with E-state index in [0.717, 1.165) is 21.1 Å². The van der Waals surface area contributed by atoms with Gasteiger partial charge >= 0.3 is 0 Å². The Morgan fingerprint density at radius 3 is 2.38 bits per heavy atom. The second-order valence-electron chi connectivity index (χ2n) is 7.69. The summed E-state index contributed by atoms with van der Waals surface area (Å²) < 4.78 is 1.88. The highest BCUT2D eigenvalue weighted by Gasteiger charge is 2.40. The molecule has 0 bridgehead atoms. The average molecular weight is 488 g/mol. The number of fused-ring (bicyclic) bond motifs is 1. The predicted molar refractivity (Wildman–Crippen MR) is 138 cm³/mol. The smallest absolute Gasteiger partial charge is 0.262 e. The molecular formula is C25H21N5O2S2. The van der Waals surface area contributed by atoms with Crippen molar-refractivity contribution in [2.75, 3.05) is 13.6 Å². The number of thiocarbonyl (C=S) groups is 1. The van der Waals surface area contributed by atoms with E-state index in [1.165, 1.54) is 16.2 Å². The Hall–Kier alpha value is -3.53. The van der Waals surface area contributed by atoms with Crippen molar-refractivity contribution in [3.63, 3.8) is 0 Å². The molecule has 0 spiro atoms. The lowest BCUT2D eigenvalue weighted by Gasteiger charge is -2.32. The number of nitrogens with one attached hydrogen (secondary N) is 1. The zero-order valence-corrected chi connectivity index (χ0v) is 20.2. The molecule has 7 nitrogen and oxygen atoms in total. The van der Waals surface area contributed by atoms with Crippen LogP contribution in [0.15, 0.2) is 66.2 Å². The number of hydrogen-bond donors (Lipinski definition) is 1. The number of rotatable bonds is 5. The lowest BCUT2D eigenvalue weighted by atomic mass is 9.97. The van der Waals surface area contributed by atoms with Gasteiger partial charge in [0.05, 0.1) is 5.57 Å². The average Bonchev–Trinajstić information content (AvgIpc) is 3.41. The van der Waals surface area contributed by atoms with E-state index in [1.807, 2.05) is 72.2 Å². The van der Waals surface area contributed by atoms with Gasteiger partial charge in [0.1, 0.15) is 21.9 Å². The van der Waals surface area contributed by atoms with Crippen LogP contribution in [-0.2, 0) is 9.59 Å². The van der Waals surface area contributed by atoms with Crippen LogP contribution in [0.1, 0.15) is 12.7 Å². The quantitative estimate of drug-likeness (QED) is 0.261. The standard InChI is InChI=1S/C25H21N5O2S2/c1-3-29-24(32)17(20(31)19(26-2)25(29)33)14-18-27-23-21(30(18)16-12-8-5-9-13-16)28-22(34-23)15-10-6-4-7-11-15/h4-14,19,26H,3H2,1-2H3/b17-14+. The summed E-state index contributed by atoms with van der Waals surface area (Å²) >= 11 is 6.85. The molecule has 1 aliphatic rings. The van der Waals surface area contributed by atoms with Gasteiger partial charge in [0.25, 0.3) is 5.91 Å². The summed E-state index contributed by atoms with van der Waals surface area (Å²) in [4.78, 5) is 38.4. The van der Waals surface area contributed by atoms with Gasteiger partial charge in [0.2, 0.25) is 0 Å². The molecule has 1 fully saturated rings. The Bertz CT molecular complexity index is 1410. The number of para-hydroxylation sites is 1. The van der Waals surface area contributed by atoms with Crippen LogP contribution < -0.4 is 5.32 Å². The third-order valence-electron chi connectivity index (χ3n) is 5.68. The van der Waals surface area contributed by atoms with Gasteiger partial charge in [-0.05, 0) is 32.2 Å². The van der Waals surface area contributed by atoms with E-state index in [1.54, 1.807) is 13.1 Å². The molecule has 170 valence electrons. The Labute approximate surface area is 205 Å². The molecule has 34 heavy (non-hydrogen) atoms. The van der Waals surface area contributed by atoms with Crippen LogP contribution in [0.2, 0.25) is 0 Å². The van der Waals surface area contributed by atoms with Crippen molar-refractivity contribution in [2.24, 2.45) is 0 Å². The number of amides is 1. The van der Waals surface area contributed by atoms with Gasteiger partial charge < -0.3 is 10.2 Å². The number of aromatic nitrogens is 3. The van der Waals surface area contributed by atoms with Crippen LogP contribution in [0.5, 0.6) is 0 Å². The minimum atomic E-state index is -0.733. The summed E-state index contributed by atoms with van der Waals surface area (Å²) in [6.07, 6.45) is 1.56. The molecular weight excluding hydrogens is 466 g/mol. The van der Waals surface area contributed by atoms with Gasteiger partial charge in [-0.1, -0.05) is 72.1 Å². The molecule has 1 saturated heterocycles. The number of nitrogens with zero attached hydrogens (tertiary/aromatic N) is 4. The number of benzene rings is 2. The number of Topliss-reactive ketones (excluding diaryl/α,β-unsaturated/α-hetero) is 1. The van der Waals surface area contributed by atoms with E-state index < -0.39 is 11.9 Å². The number of ketones is 1. The van der Waals surface area contributed by atoms with Gasteiger partial charge in [-0.3, -0.25) is 14.2 Å². The summed E-state index contributed by atoms with van der Waals surface area (Å²) in [5.41, 5.74) is 2.57. The zero-order chi connectivity index (χ0) is 23.8. The van der Waals surface area contributed by atoms with Crippen LogP contribution >= 0.6 is 23.6 Å². The summed E-state index contributed by atoms with van der Waals surface area (Å²) in [5, 5.41) is 3.79. The lowest BCUT2D eigenvalue weighted by Crippen LogP contribution is -2.57. The van der Waals surface area contributed by atoms with E-state index >= 15 is 0 Å². The Kier molecular flexibility index (Phi) is 5.91. The number of piperidine rings is 1. The molecule has 1 N–H and O–H groups in total. The van der Waals surface area contributed by atoms with Gasteiger partial charge in [-0.15, -0.1) is 0 Å². The van der Waals surface area contributed by atoms with E-state index in [4.69, 9.17) is 22.2 Å². The minimum Gasteiger partial charge on any atom is -0.305 e. The van der Waals surface area contributed by atoms with Crippen molar-refractivity contribution in [2.45, 2.75) is 13.0 Å². The topological polar surface area (TPSA) is 80.1 Å². The lowest BCUT2D eigenvalue weighted by molar-refractivity contribution is -0.128. The maximum Gasteiger partial charge on any atom is 0.262 e. The number of hydrogen-bond acceptors (Lipinski definition) is 7. The van der Waals surface area contributed by atoms with Crippen molar-refractivity contribution in [3.05, 3.63) is 72.1 Å². The molecule has 2 aromatic heterocycles. The number of likely N-dealkylation sites (tertiary alicyclic amines) is 1. The molecule has 0 aliphatic carbocycles. The zero-order valence-electron chi connectivity index (χ0n) is 18.6. The monoisotopic (exact) mass is 487 g/mol. The molecule has 9 heteroatoms. The number of likely N-dealkylation sites (N-methyl/N-ethyl adjacent to an activating group) is 2. The highest BCUT2D eigenvalue weighted by Crippen LogP contribution is 2.33. The Morgan fingerprint density at radius 2 is 1.74 bits per heavy atom. The van der Waals surface area contributed by atoms with E-state index in [2.05, 4.69) is 5.32 Å². The summed E-state index contributed by atoms with van der Waals surface area (Å²) in [7, 11) is 1.66. The van der Waals surface area contributed by atoms with Crippen molar-refractivity contribution < 1.29 is 9.59 Å². The second-order valence-corrected chi connectivity index (χ2v) is 9.08. The molecule has 1 amide bonds. The first-order valence-corrected chi connectivity index (χ1v) is 12.0. The van der Waals surface area contributed by atoms with Gasteiger partial charge in [-0.2, -0.15) is 0 Å². The molecule has 1 aliphatic heterocycles. The molecule has 2 aromatic carbocycles. The molecule has 0 radical (unpaired) electrons. The third kappa shape index (κ3) is 3.67. The SMILES string of the molecule is CCN1C(=O)/C(=C/c2nc3sc(-c4ccccc4)nc3n2-c2ccccc2)C(=O)C(NC)C1=S. The molecule has 3 heterocycles.